The zero-order valence-electron chi connectivity index (χ0n) is 21.7. The monoisotopic (exact) mass is 573 g/mol. The van der Waals surface area contributed by atoms with Gasteiger partial charge < -0.3 is 23.9 Å². The normalized spacial score (nSPS) is 12.3. The highest BCUT2D eigenvalue weighted by atomic mass is 32.2. The molecule has 0 aliphatic heterocycles. The lowest BCUT2D eigenvalue weighted by molar-refractivity contribution is -0.139. The van der Waals surface area contributed by atoms with Crippen molar-refractivity contribution in [2.75, 3.05) is 20.8 Å². The maximum atomic E-state index is 13.6. The molecule has 206 valence electrons. The molecule has 0 saturated heterocycles. The second kappa shape index (κ2) is 11.4. The minimum absolute atomic E-state index is 0.00140. The first-order valence-corrected chi connectivity index (χ1v) is 14.6. The molecule has 0 bridgehead atoms. The fourth-order valence-electron chi connectivity index (χ4n) is 4.05. The van der Waals surface area contributed by atoms with Crippen LogP contribution in [0.15, 0.2) is 58.7 Å². The van der Waals surface area contributed by atoms with Crippen LogP contribution in [0.3, 0.4) is 0 Å². The maximum Gasteiger partial charge on any atom is 0.341 e. The second-order valence-corrected chi connectivity index (χ2v) is 11.9. The smallest absolute Gasteiger partial charge is 0.341 e. The molecule has 0 aliphatic carbocycles. The quantitative estimate of drug-likeness (QED) is 0.284. The molecular weight excluding hydrogens is 546 g/mol. The summed E-state index contributed by atoms with van der Waals surface area (Å²) in [5.74, 6) is -0.298. The number of aromatic nitrogens is 3. The number of hydrogen-bond donors (Lipinski definition) is 1. The van der Waals surface area contributed by atoms with E-state index in [0.29, 0.717) is 28.2 Å². The summed E-state index contributed by atoms with van der Waals surface area (Å²) >= 11 is 0. The van der Waals surface area contributed by atoms with Crippen LogP contribution in [0.2, 0.25) is 0 Å². The fraction of sp³-hybridized carbons (Fsp3) is 0.269. The van der Waals surface area contributed by atoms with Gasteiger partial charge >= 0.3 is 5.97 Å². The minimum Gasteiger partial charge on any atom is -0.497 e. The number of hydrogen-bond acceptors (Lipinski definition) is 9. The summed E-state index contributed by atoms with van der Waals surface area (Å²) in [6.07, 6.45) is 1.64. The van der Waals surface area contributed by atoms with Gasteiger partial charge in [0, 0.05) is 23.4 Å². The van der Waals surface area contributed by atoms with Crippen LogP contribution in [0.1, 0.15) is 16.8 Å². The molecule has 4 aromatic rings. The van der Waals surface area contributed by atoms with Crippen molar-refractivity contribution in [3.8, 4) is 17.2 Å². The summed E-state index contributed by atoms with van der Waals surface area (Å²) in [6, 6.07) is 10.4. The third kappa shape index (κ3) is 6.04. The number of ether oxygens (including phenoxy) is 3. The largest absolute Gasteiger partial charge is 0.497 e. The Morgan fingerprint density at radius 2 is 1.74 bits per heavy atom. The Hall–Kier alpha value is -3.97. The highest BCUT2D eigenvalue weighted by Gasteiger charge is 2.25. The predicted molar refractivity (Wildman–Crippen MR) is 143 cm³/mol. The van der Waals surface area contributed by atoms with Crippen LogP contribution in [0.25, 0.3) is 11.0 Å². The third-order valence-corrected chi connectivity index (χ3v) is 8.83. The molecule has 0 spiro atoms. The fourth-order valence-corrected chi connectivity index (χ4v) is 6.71. The molecule has 0 amide bonds. The van der Waals surface area contributed by atoms with E-state index in [9.17, 15) is 17.4 Å². The van der Waals surface area contributed by atoms with Gasteiger partial charge in [-0.15, -0.1) is 0 Å². The van der Waals surface area contributed by atoms with Crippen molar-refractivity contribution in [2.24, 2.45) is 0 Å². The molecule has 13 heteroatoms. The molecular formula is C26H27N3O8S2. The number of benzene rings is 2. The number of carboxylic acid groups (broad SMARTS) is 1. The first-order chi connectivity index (χ1) is 18.5. The number of aliphatic carboxylic acids is 1. The first-order valence-electron chi connectivity index (χ1n) is 11.6. The van der Waals surface area contributed by atoms with Gasteiger partial charge in [0.05, 0.1) is 52.4 Å². The molecule has 1 atom stereocenters. The summed E-state index contributed by atoms with van der Waals surface area (Å²) in [5.41, 5.74) is 3.03. The zero-order valence-corrected chi connectivity index (χ0v) is 23.3. The summed E-state index contributed by atoms with van der Waals surface area (Å²) in [4.78, 5) is 19.6. The molecule has 2 aromatic heterocycles. The number of carboxylic acids is 1. The average Bonchev–Trinajstić information content (AvgIpc) is 3.26. The van der Waals surface area contributed by atoms with Crippen LogP contribution < -0.4 is 14.2 Å². The number of aryl methyl sites for hydroxylation is 1. The standard InChI is InChI=1S/C26H27N3O8S2/c1-16-12-27-22(17(2)25(16)36-4)14-38(32)26-28-21-11-19(35-3)7-10-23(21)29(26)15-39(33,34)20-8-5-18(6-9-20)37-13-24(30)31/h5-12H,13-15H2,1-4H3,(H,30,31). The zero-order chi connectivity index (χ0) is 28.3. The van der Waals surface area contributed by atoms with Gasteiger partial charge in [0.15, 0.2) is 16.4 Å². The number of carbonyl (C=O) groups is 1. The molecule has 11 nitrogen and oxygen atoms in total. The van der Waals surface area contributed by atoms with Crippen molar-refractivity contribution in [1.29, 1.82) is 0 Å². The highest BCUT2D eigenvalue weighted by molar-refractivity contribution is 7.90. The van der Waals surface area contributed by atoms with Crippen molar-refractivity contribution in [3.63, 3.8) is 0 Å². The van der Waals surface area contributed by atoms with Crippen LogP contribution in [0.4, 0.5) is 0 Å². The van der Waals surface area contributed by atoms with E-state index in [2.05, 4.69) is 9.97 Å². The SMILES string of the molecule is COc1ccc2c(c1)nc(S(=O)Cc1ncc(C)c(OC)c1C)n2CS(=O)(=O)c1ccc(OCC(=O)O)cc1. The number of pyridine rings is 1. The Labute approximate surface area is 227 Å². The van der Waals surface area contributed by atoms with Gasteiger partial charge in [-0.2, -0.15) is 0 Å². The van der Waals surface area contributed by atoms with E-state index in [-0.39, 0.29) is 21.6 Å². The predicted octanol–water partition coefficient (Wildman–Crippen LogP) is 3.27. The minimum atomic E-state index is -3.94. The lowest BCUT2D eigenvalue weighted by Gasteiger charge is -2.13. The Morgan fingerprint density at radius 3 is 2.38 bits per heavy atom. The molecule has 0 fully saturated rings. The molecule has 4 rings (SSSR count). The molecule has 1 unspecified atom stereocenters. The lowest BCUT2D eigenvalue weighted by atomic mass is 10.1. The second-order valence-electron chi connectivity index (χ2n) is 8.61. The van der Waals surface area contributed by atoms with Gasteiger partial charge in [-0.25, -0.2) is 18.2 Å². The van der Waals surface area contributed by atoms with E-state index < -0.39 is 39.1 Å². The average molecular weight is 574 g/mol. The highest BCUT2D eigenvalue weighted by Crippen LogP contribution is 2.29. The molecule has 0 radical (unpaired) electrons. The molecule has 2 aromatic carbocycles. The van der Waals surface area contributed by atoms with Crippen molar-refractivity contribution in [2.45, 2.75) is 35.5 Å². The molecule has 0 aliphatic rings. The Balaban J connectivity index is 1.72. The van der Waals surface area contributed by atoms with Crippen molar-refractivity contribution < 1.29 is 36.7 Å². The molecule has 2 heterocycles. The van der Waals surface area contributed by atoms with Crippen LogP contribution in [0, 0.1) is 13.8 Å². The van der Waals surface area contributed by atoms with Crippen LogP contribution >= 0.6 is 0 Å². The van der Waals surface area contributed by atoms with E-state index in [1.54, 1.807) is 31.5 Å². The van der Waals surface area contributed by atoms with Crippen LogP contribution in [-0.2, 0) is 37.1 Å². The Bertz CT molecular complexity index is 1670. The first kappa shape index (κ1) is 28.0. The number of sulfone groups is 1. The Morgan fingerprint density at radius 1 is 1.05 bits per heavy atom. The van der Waals surface area contributed by atoms with E-state index in [0.717, 1.165) is 11.1 Å². The van der Waals surface area contributed by atoms with Crippen LogP contribution in [-0.4, -0.2) is 59.1 Å². The molecule has 39 heavy (non-hydrogen) atoms. The maximum absolute atomic E-state index is 13.6. The van der Waals surface area contributed by atoms with E-state index in [4.69, 9.17) is 19.3 Å². The van der Waals surface area contributed by atoms with Crippen molar-refractivity contribution in [3.05, 3.63) is 65.5 Å². The number of rotatable bonds is 11. The number of fused-ring (bicyclic) bond motifs is 1. The summed E-state index contributed by atoms with van der Waals surface area (Å²) in [5, 5.41) is 8.84. The topological polar surface area (TPSA) is 147 Å². The molecule has 1 N–H and O–H groups in total. The lowest BCUT2D eigenvalue weighted by Crippen LogP contribution is -2.16. The van der Waals surface area contributed by atoms with Gasteiger partial charge in [-0.05, 0) is 50.2 Å². The Kier molecular flexibility index (Phi) is 8.21. The summed E-state index contributed by atoms with van der Waals surface area (Å²) < 4.78 is 57.7. The molecule has 0 saturated carbocycles. The van der Waals surface area contributed by atoms with E-state index in [1.807, 2.05) is 13.8 Å². The number of methoxy groups -OCH3 is 2. The van der Waals surface area contributed by atoms with E-state index in [1.165, 1.54) is 35.9 Å². The van der Waals surface area contributed by atoms with Crippen molar-refractivity contribution in [1.82, 2.24) is 14.5 Å². The van der Waals surface area contributed by atoms with Gasteiger partial charge in [0.2, 0.25) is 5.16 Å². The van der Waals surface area contributed by atoms with Gasteiger partial charge in [0.1, 0.15) is 23.1 Å². The number of imidazole rings is 1. The number of nitrogens with zero attached hydrogens (tertiary/aromatic N) is 3. The summed E-state index contributed by atoms with van der Waals surface area (Å²) in [6.45, 7) is 3.14. The van der Waals surface area contributed by atoms with E-state index >= 15 is 0 Å². The van der Waals surface area contributed by atoms with Gasteiger partial charge in [-0.3, -0.25) is 9.19 Å². The third-order valence-electron chi connectivity index (χ3n) is 5.99. The summed E-state index contributed by atoms with van der Waals surface area (Å²) in [7, 11) is -2.65. The van der Waals surface area contributed by atoms with Crippen molar-refractivity contribution >= 4 is 37.6 Å². The van der Waals surface area contributed by atoms with Gasteiger partial charge in [0.25, 0.3) is 0 Å². The van der Waals surface area contributed by atoms with Crippen LogP contribution in [0.5, 0.6) is 17.2 Å². The van der Waals surface area contributed by atoms with Gasteiger partial charge in [-0.1, -0.05) is 0 Å².